The minimum atomic E-state index is 0.615. The first kappa shape index (κ1) is 18.9. The number of thiazole rings is 1. The molecule has 0 amide bonds. The standard InChI is InChI=1S/C18H15Br2N3O2S/c1-24-14-8-12(15(19)16(20)17(14)25-2)9-21-23-18-22-13(10-26-18)11-6-4-3-5-7-11/h3-10H,1-2H3,(H,22,23)/b21-9+. The molecule has 0 spiro atoms. The Hall–Kier alpha value is -1.90. The predicted molar refractivity (Wildman–Crippen MR) is 114 cm³/mol. The van der Waals surface area contributed by atoms with E-state index in [0.717, 1.165) is 30.9 Å². The average Bonchev–Trinajstić information content (AvgIpc) is 3.14. The number of methoxy groups -OCH3 is 2. The van der Waals surface area contributed by atoms with Crippen molar-refractivity contribution >= 4 is 54.5 Å². The number of halogens is 2. The third kappa shape index (κ3) is 4.08. The molecule has 0 fully saturated rings. The second kappa shape index (κ2) is 8.66. The van der Waals surface area contributed by atoms with Crippen molar-refractivity contribution in [1.29, 1.82) is 0 Å². The third-order valence-electron chi connectivity index (χ3n) is 3.52. The lowest BCUT2D eigenvalue weighted by molar-refractivity contribution is 0.353. The second-order valence-corrected chi connectivity index (χ2v) is 7.55. The highest BCUT2D eigenvalue weighted by Crippen LogP contribution is 2.42. The zero-order valence-electron chi connectivity index (χ0n) is 14.0. The van der Waals surface area contributed by atoms with Gasteiger partial charge in [0.1, 0.15) is 0 Å². The van der Waals surface area contributed by atoms with E-state index in [4.69, 9.17) is 9.47 Å². The maximum atomic E-state index is 5.36. The molecule has 0 saturated carbocycles. The lowest BCUT2D eigenvalue weighted by Gasteiger charge is -2.12. The van der Waals surface area contributed by atoms with Gasteiger partial charge in [0.25, 0.3) is 0 Å². The van der Waals surface area contributed by atoms with Gasteiger partial charge >= 0.3 is 0 Å². The fourth-order valence-electron chi connectivity index (χ4n) is 2.26. The predicted octanol–water partition coefficient (Wildman–Crippen LogP) is 5.80. The summed E-state index contributed by atoms with van der Waals surface area (Å²) in [7, 11) is 3.19. The smallest absolute Gasteiger partial charge is 0.203 e. The van der Waals surface area contributed by atoms with Crippen LogP contribution in [0.4, 0.5) is 5.13 Å². The van der Waals surface area contributed by atoms with Crippen molar-refractivity contribution in [3.8, 4) is 22.8 Å². The van der Waals surface area contributed by atoms with E-state index in [1.165, 1.54) is 11.3 Å². The number of aromatic nitrogens is 1. The molecule has 0 unspecified atom stereocenters. The van der Waals surface area contributed by atoms with Gasteiger partial charge < -0.3 is 9.47 Å². The van der Waals surface area contributed by atoms with Gasteiger partial charge in [-0.3, -0.25) is 5.43 Å². The van der Waals surface area contributed by atoms with E-state index in [0.29, 0.717) is 11.5 Å². The van der Waals surface area contributed by atoms with Crippen LogP contribution >= 0.6 is 43.2 Å². The fraction of sp³-hybridized carbons (Fsp3) is 0.111. The molecule has 1 heterocycles. The summed E-state index contributed by atoms with van der Waals surface area (Å²) in [5, 5.41) is 6.99. The van der Waals surface area contributed by atoms with Crippen molar-refractivity contribution in [2.75, 3.05) is 19.6 Å². The minimum absolute atomic E-state index is 0.615. The maximum Gasteiger partial charge on any atom is 0.203 e. The molecule has 0 radical (unpaired) electrons. The highest BCUT2D eigenvalue weighted by atomic mass is 79.9. The van der Waals surface area contributed by atoms with Gasteiger partial charge in [0.2, 0.25) is 5.13 Å². The van der Waals surface area contributed by atoms with Crippen molar-refractivity contribution < 1.29 is 9.47 Å². The van der Waals surface area contributed by atoms with Gasteiger partial charge in [0.05, 0.1) is 30.6 Å². The van der Waals surface area contributed by atoms with Crippen molar-refractivity contribution in [3.63, 3.8) is 0 Å². The normalized spacial score (nSPS) is 10.9. The van der Waals surface area contributed by atoms with Gasteiger partial charge in [-0.1, -0.05) is 30.3 Å². The zero-order chi connectivity index (χ0) is 18.5. The number of rotatable bonds is 6. The lowest BCUT2D eigenvalue weighted by Crippen LogP contribution is -1.97. The quantitative estimate of drug-likeness (QED) is 0.346. The summed E-state index contributed by atoms with van der Waals surface area (Å²) in [4.78, 5) is 4.54. The first-order valence-corrected chi connectivity index (χ1v) is 10.0. The molecule has 0 aliphatic carbocycles. The van der Waals surface area contributed by atoms with Crippen LogP contribution in [0.1, 0.15) is 5.56 Å². The molecular weight excluding hydrogens is 482 g/mol. The Bertz CT molecular complexity index is 930. The third-order valence-corrected chi connectivity index (χ3v) is 6.41. The van der Waals surface area contributed by atoms with Gasteiger partial charge in [-0.2, -0.15) is 5.10 Å². The molecule has 0 aliphatic rings. The van der Waals surface area contributed by atoms with Gasteiger partial charge in [0, 0.05) is 21.0 Å². The van der Waals surface area contributed by atoms with Crippen molar-refractivity contribution in [2.24, 2.45) is 5.10 Å². The van der Waals surface area contributed by atoms with Crippen LogP contribution in [-0.2, 0) is 0 Å². The Morgan fingerprint density at radius 1 is 1.12 bits per heavy atom. The van der Waals surface area contributed by atoms with Crippen LogP contribution in [0.15, 0.2) is 55.8 Å². The van der Waals surface area contributed by atoms with Gasteiger partial charge in [0.15, 0.2) is 11.5 Å². The fourth-order valence-corrected chi connectivity index (χ4v) is 3.92. The van der Waals surface area contributed by atoms with Crippen LogP contribution in [0.25, 0.3) is 11.3 Å². The summed E-state index contributed by atoms with van der Waals surface area (Å²) in [6.07, 6.45) is 1.69. The maximum absolute atomic E-state index is 5.36. The van der Waals surface area contributed by atoms with E-state index in [1.54, 1.807) is 20.4 Å². The molecule has 8 heteroatoms. The Morgan fingerprint density at radius 2 is 1.88 bits per heavy atom. The van der Waals surface area contributed by atoms with Gasteiger partial charge in [-0.05, 0) is 37.9 Å². The number of hydrogen-bond acceptors (Lipinski definition) is 6. The van der Waals surface area contributed by atoms with E-state index in [-0.39, 0.29) is 0 Å². The van der Waals surface area contributed by atoms with Crippen LogP contribution in [-0.4, -0.2) is 25.4 Å². The Labute approximate surface area is 172 Å². The van der Waals surface area contributed by atoms with Crippen molar-refractivity contribution in [3.05, 3.63) is 56.3 Å². The molecule has 2 aromatic carbocycles. The lowest BCUT2D eigenvalue weighted by atomic mass is 10.2. The number of hydrogen-bond donors (Lipinski definition) is 1. The number of ether oxygens (including phenoxy) is 2. The first-order valence-electron chi connectivity index (χ1n) is 7.54. The van der Waals surface area contributed by atoms with E-state index in [9.17, 15) is 0 Å². The van der Waals surface area contributed by atoms with Crippen LogP contribution < -0.4 is 14.9 Å². The molecule has 26 heavy (non-hydrogen) atoms. The summed E-state index contributed by atoms with van der Waals surface area (Å²) in [5.41, 5.74) is 5.80. The number of benzene rings is 2. The molecule has 0 atom stereocenters. The van der Waals surface area contributed by atoms with E-state index in [1.807, 2.05) is 41.8 Å². The van der Waals surface area contributed by atoms with Gasteiger partial charge in [-0.15, -0.1) is 11.3 Å². The highest BCUT2D eigenvalue weighted by Gasteiger charge is 2.15. The van der Waals surface area contributed by atoms with Crippen LogP contribution in [0.3, 0.4) is 0 Å². The number of hydrazone groups is 1. The van der Waals surface area contributed by atoms with E-state index < -0.39 is 0 Å². The first-order chi connectivity index (χ1) is 12.6. The molecule has 0 saturated heterocycles. The highest BCUT2D eigenvalue weighted by molar-refractivity contribution is 9.13. The second-order valence-electron chi connectivity index (χ2n) is 5.10. The molecule has 5 nitrogen and oxygen atoms in total. The van der Waals surface area contributed by atoms with Crippen LogP contribution in [0, 0.1) is 0 Å². The van der Waals surface area contributed by atoms with E-state index >= 15 is 0 Å². The molecular formula is C18H15Br2N3O2S. The summed E-state index contributed by atoms with van der Waals surface area (Å²) < 4.78 is 12.3. The SMILES string of the molecule is COc1cc(/C=N/Nc2nc(-c3ccccc3)cs2)c(Br)c(Br)c1OC. The Morgan fingerprint density at radius 3 is 2.58 bits per heavy atom. The summed E-state index contributed by atoms with van der Waals surface area (Å²) in [6, 6.07) is 11.9. The van der Waals surface area contributed by atoms with Gasteiger partial charge in [-0.25, -0.2) is 4.98 Å². The van der Waals surface area contributed by atoms with Crippen molar-refractivity contribution in [2.45, 2.75) is 0 Å². The summed E-state index contributed by atoms with van der Waals surface area (Å²) >= 11 is 8.55. The molecule has 1 N–H and O–H groups in total. The number of nitrogens with one attached hydrogen (secondary N) is 1. The zero-order valence-corrected chi connectivity index (χ0v) is 18.0. The topological polar surface area (TPSA) is 55.7 Å². The molecule has 0 bridgehead atoms. The Kier molecular flexibility index (Phi) is 6.29. The molecule has 134 valence electrons. The largest absolute Gasteiger partial charge is 0.493 e. The number of nitrogens with zero attached hydrogens (tertiary/aromatic N) is 2. The molecule has 0 aliphatic heterocycles. The van der Waals surface area contributed by atoms with Crippen LogP contribution in [0.2, 0.25) is 0 Å². The molecule has 3 rings (SSSR count). The molecule has 1 aromatic heterocycles. The number of anilines is 1. The van der Waals surface area contributed by atoms with E-state index in [2.05, 4.69) is 47.4 Å². The average molecular weight is 497 g/mol. The monoisotopic (exact) mass is 495 g/mol. The minimum Gasteiger partial charge on any atom is -0.493 e. The van der Waals surface area contributed by atoms with Crippen LogP contribution in [0.5, 0.6) is 11.5 Å². The summed E-state index contributed by atoms with van der Waals surface area (Å²) in [6.45, 7) is 0. The summed E-state index contributed by atoms with van der Waals surface area (Å²) in [5.74, 6) is 1.24. The molecule has 3 aromatic rings. The Balaban J connectivity index is 1.77. The van der Waals surface area contributed by atoms with Crippen molar-refractivity contribution in [1.82, 2.24) is 4.98 Å².